The number of hydrogen-bond acceptors (Lipinski definition) is 4. The molecule has 21 heavy (non-hydrogen) atoms. The normalized spacial score (nSPS) is 11.4. The summed E-state index contributed by atoms with van der Waals surface area (Å²) in [5, 5.41) is 3.17. The highest BCUT2D eigenvalue weighted by Crippen LogP contribution is 2.27. The fourth-order valence-electron chi connectivity index (χ4n) is 1.73. The zero-order chi connectivity index (χ0) is 15.6. The summed E-state index contributed by atoms with van der Waals surface area (Å²) in [5.74, 6) is -0.482. The van der Waals surface area contributed by atoms with Crippen LogP contribution in [-0.4, -0.2) is 15.5 Å². The fourth-order valence-corrected chi connectivity index (χ4v) is 2.74. The van der Waals surface area contributed by atoms with Crippen LogP contribution in [0.1, 0.15) is 0 Å². The molecular weight excluding hydrogens is 317 g/mol. The van der Waals surface area contributed by atoms with Gasteiger partial charge in [-0.05, 0) is 43.4 Å². The van der Waals surface area contributed by atoms with Crippen molar-refractivity contribution in [2.45, 2.75) is 4.90 Å². The Hall–Kier alpha value is -1.83. The van der Waals surface area contributed by atoms with Crippen LogP contribution in [0.15, 0.2) is 41.3 Å². The summed E-state index contributed by atoms with van der Waals surface area (Å²) in [7, 11) is -2.34. The first-order valence-electron chi connectivity index (χ1n) is 5.88. The second kappa shape index (κ2) is 5.88. The first kappa shape index (κ1) is 15.6. The number of nitrogens with two attached hydrogens (primary N) is 1. The second-order valence-electron chi connectivity index (χ2n) is 4.21. The molecule has 0 saturated carbocycles. The molecule has 2 rings (SSSR count). The van der Waals surface area contributed by atoms with Crippen LogP contribution >= 0.6 is 11.6 Å². The number of benzene rings is 2. The van der Waals surface area contributed by atoms with Crippen LogP contribution < -0.4 is 15.8 Å². The van der Waals surface area contributed by atoms with Gasteiger partial charge in [0.2, 0.25) is 10.0 Å². The molecule has 4 N–H and O–H groups in total. The van der Waals surface area contributed by atoms with Crippen molar-refractivity contribution in [3.63, 3.8) is 0 Å². The predicted octanol–water partition coefficient (Wildman–Crippen LogP) is 2.71. The van der Waals surface area contributed by atoms with Gasteiger partial charge in [-0.15, -0.1) is 0 Å². The van der Waals surface area contributed by atoms with Crippen molar-refractivity contribution < 1.29 is 12.8 Å². The smallest absolute Gasteiger partial charge is 0.242 e. The van der Waals surface area contributed by atoms with Crippen molar-refractivity contribution in [3.8, 4) is 0 Å². The molecule has 0 aromatic heterocycles. The molecule has 2 aromatic carbocycles. The van der Waals surface area contributed by atoms with Gasteiger partial charge in [-0.1, -0.05) is 11.6 Å². The molecule has 0 aliphatic heterocycles. The summed E-state index contributed by atoms with van der Waals surface area (Å²) in [4.78, 5) is -0.0397. The first-order valence-corrected chi connectivity index (χ1v) is 7.75. The van der Waals surface area contributed by atoms with Crippen LogP contribution in [-0.2, 0) is 10.0 Å². The van der Waals surface area contributed by atoms with Crippen LogP contribution in [0.3, 0.4) is 0 Å². The largest absolute Gasteiger partial charge is 0.398 e. The van der Waals surface area contributed by atoms with Gasteiger partial charge in [0.15, 0.2) is 0 Å². The molecule has 112 valence electrons. The lowest BCUT2D eigenvalue weighted by atomic mass is 10.2. The summed E-state index contributed by atoms with van der Waals surface area (Å²) >= 11 is 5.80. The van der Waals surface area contributed by atoms with Crippen molar-refractivity contribution in [1.29, 1.82) is 0 Å². The second-order valence-corrected chi connectivity index (χ2v) is 6.50. The van der Waals surface area contributed by atoms with Crippen LogP contribution in [0.25, 0.3) is 0 Å². The highest BCUT2D eigenvalue weighted by atomic mass is 35.5. The van der Waals surface area contributed by atoms with Gasteiger partial charge in [-0.3, -0.25) is 0 Å². The van der Waals surface area contributed by atoms with E-state index in [1.54, 1.807) is 0 Å². The first-order chi connectivity index (χ1) is 9.83. The highest BCUT2D eigenvalue weighted by Gasteiger charge is 2.15. The summed E-state index contributed by atoms with van der Waals surface area (Å²) in [5.41, 5.74) is 6.40. The van der Waals surface area contributed by atoms with E-state index in [4.69, 9.17) is 17.3 Å². The zero-order valence-electron chi connectivity index (χ0n) is 11.0. The van der Waals surface area contributed by atoms with E-state index in [9.17, 15) is 12.8 Å². The average molecular weight is 330 g/mol. The quantitative estimate of drug-likeness (QED) is 0.753. The Morgan fingerprint density at radius 3 is 2.52 bits per heavy atom. The maximum Gasteiger partial charge on any atom is 0.242 e. The van der Waals surface area contributed by atoms with Gasteiger partial charge >= 0.3 is 0 Å². The number of hydrogen-bond donors (Lipinski definition) is 3. The van der Waals surface area contributed by atoms with Crippen molar-refractivity contribution in [1.82, 2.24) is 4.72 Å². The molecule has 0 aliphatic carbocycles. The Morgan fingerprint density at radius 1 is 1.19 bits per heavy atom. The van der Waals surface area contributed by atoms with E-state index in [1.807, 2.05) is 0 Å². The maximum absolute atomic E-state index is 13.6. The fraction of sp³-hybridized carbons (Fsp3) is 0.0769. The van der Waals surface area contributed by atoms with Crippen molar-refractivity contribution in [2.24, 2.45) is 0 Å². The van der Waals surface area contributed by atoms with Crippen LogP contribution in [0, 0.1) is 5.82 Å². The number of halogens is 2. The molecule has 0 atom stereocenters. The van der Waals surface area contributed by atoms with E-state index in [0.29, 0.717) is 10.7 Å². The summed E-state index contributed by atoms with van der Waals surface area (Å²) in [6.45, 7) is 0. The lowest BCUT2D eigenvalue weighted by Gasteiger charge is -2.11. The van der Waals surface area contributed by atoms with Crippen molar-refractivity contribution in [3.05, 3.63) is 47.2 Å². The highest BCUT2D eigenvalue weighted by molar-refractivity contribution is 7.89. The minimum absolute atomic E-state index is 0.0397. The molecule has 0 amide bonds. The number of nitrogen functional groups attached to an aromatic ring is 1. The molecule has 0 unspecified atom stereocenters. The van der Waals surface area contributed by atoms with Gasteiger partial charge in [-0.2, -0.15) is 0 Å². The molecule has 0 saturated heterocycles. The molecule has 8 heteroatoms. The van der Waals surface area contributed by atoms with Gasteiger partial charge in [0.25, 0.3) is 0 Å². The number of anilines is 3. The molecule has 0 bridgehead atoms. The third kappa shape index (κ3) is 3.44. The summed E-state index contributed by atoms with van der Waals surface area (Å²) < 4.78 is 39.2. The van der Waals surface area contributed by atoms with E-state index in [0.717, 1.165) is 0 Å². The minimum Gasteiger partial charge on any atom is -0.398 e. The van der Waals surface area contributed by atoms with Crippen molar-refractivity contribution >= 4 is 38.7 Å². The Labute approximate surface area is 127 Å². The number of nitrogens with one attached hydrogen (secondary N) is 2. The predicted molar refractivity (Wildman–Crippen MR) is 81.8 cm³/mol. The van der Waals surface area contributed by atoms with Gasteiger partial charge < -0.3 is 11.1 Å². The van der Waals surface area contributed by atoms with Crippen molar-refractivity contribution in [2.75, 3.05) is 18.1 Å². The lowest BCUT2D eigenvalue weighted by molar-refractivity contribution is 0.588. The summed E-state index contributed by atoms with van der Waals surface area (Å²) in [6.07, 6.45) is 0. The van der Waals surface area contributed by atoms with Gasteiger partial charge in [-0.25, -0.2) is 17.5 Å². The van der Waals surface area contributed by atoms with E-state index in [2.05, 4.69) is 10.0 Å². The average Bonchev–Trinajstić information content (AvgIpc) is 2.43. The van der Waals surface area contributed by atoms with Gasteiger partial charge in [0, 0.05) is 10.7 Å². The zero-order valence-corrected chi connectivity index (χ0v) is 12.6. The van der Waals surface area contributed by atoms with E-state index < -0.39 is 15.8 Å². The molecular formula is C13H13ClFN3O2S. The molecule has 0 radical (unpaired) electrons. The van der Waals surface area contributed by atoms with E-state index >= 15 is 0 Å². The van der Waals surface area contributed by atoms with Crippen LogP contribution in [0.2, 0.25) is 5.02 Å². The molecule has 0 aliphatic rings. The number of rotatable bonds is 4. The Kier molecular flexibility index (Phi) is 4.36. The lowest BCUT2D eigenvalue weighted by Crippen LogP contribution is -2.19. The van der Waals surface area contributed by atoms with Crippen LogP contribution in [0.5, 0.6) is 0 Å². The maximum atomic E-state index is 13.6. The van der Waals surface area contributed by atoms with E-state index in [-0.39, 0.29) is 16.3 Å². The van der Waals surface area contributed by atoms with Gasteiger partial charge in [0.1, 0.15) is 10.7 Å². The van der Waals surface area contributed by atoms with E-state index in [1.165, 1.54) is 43.4 Å². The Morgan fingerprint density at radius 2 is 1.90 bits per heavy atom. The number of sulfonamides is 1. The Bertz CT molecular complexity index is 781. The topological polar surface area (TPSA) is 84.2 Å². The minimum atomic E-state index is -3.63. The SMILES string of the molecule is CNS(=O)(=O)c1ccc(Nc2cc(Cl)ccc2F)cc1N. The molecule has 2 aromatic rings. The molecule has 0 heterocycles. The van der Waals surface area contributed by atoms with Gasteiger partial charge in [0.05, 0.1) is 11.4 Å². The summed E-state index contributed by atoms with van der Waals surface area (Å²) in [6, 6.07) is 8.32. The third-order valence-corrected chi connectivity index (χ3v) is 4.50. The standard InChI is InChI=1S/C13H13ClFN3O2S/c1-17-21(19,20)13-5-3-9(7-11(13)16)18-12-6-8(14)2-4-10(12)15/h2-7,17-18H,16H2,1H3. The molecule has 5 nitrogen and oxygen atoms in total. The monoisotopic (exact) mass is 329 g/mol. The van der Waals surface area contributed by atoms with Crippen LogP contribution in [0.4, 0.5) is 21.5 Å². The third-order valence-electron chi connectivity index (χ3n) is 2.78. The Balaban J connectivity index is 2.35. The molecule has 0 spiro atoms. The molecule has 0 fully saturated rings.